The molecule has 1 rings (SSSR count). The molecule has 0 spiro atoms. The first-order chi connectivity index (χ1) is 8.02. The second-order valence-corrected chi connectivity index (χ2v) is 4.27. The minimum atomic E-state index is -0.934. The first-order valence-electron chi connectivity index (χ1n) is 5.67. The van der Waals surface area contributed by atoms with E-state index in [2.05, 4.69) is 10.1 Å². The van der Waals surface area contributed by atoms with Gasteiger partial charge in [-0.1, -0.05) is 0 Å². The van der Waals surface area contributed by atoms with Crippen LogP contribution in [-0.4, -0.2) is 46.0 Å². The van der Waals surface area contributed by atoms with Gasteiger partial charge in [0.1, 0.15) is 12.2 Å². The quantitative estimate of drug-likeness (QED) is 0.710. The molecule has 0 aliphatic heterocycles. The summed E-state index contributed by atoms with van der Waals surface area (Å²) in [5.41, 5.74) is -0.934. The molecule has 1 aromatic heterocycles. The second-order valence-electron chi connectivity index (χ2n) is 4.27. The zero-order chi connectivity index (χ0) is 12.9. The molecule has 1 heterocycles. The van der Waals surface area contributed by atoms with Crippen LogP contribution in [0.2, 0.25) is 0 Å². The molecule has 6 nitrogen and oxygen atoms in total. The summed E-state index contributed by atoms with van der Waals surface area (Å²) in [5.74, 6) is 0.767. The van der Waals surface area contributed by atoms with E-state index in [4.69, 9.17) is 9.47 Å². The standard InChI is InChI=1S/C11H21N3O3/c1-5-14-9(12-8-13-14)6-11(2,15)7-10(16-3)17-4/h8,10,15H,5-7H2,1-4H3. The zero-order valence-corrected chi connectivity index (χ0v) is 10.9. The van der Waals surface area contributed by atoms with Gasteiger partial charge in [-0.3, -0.25) is 4.68 Å². The molecular weight excluding hydrogens is 222 g/mol. The van der Waals surface area contributed by atoms with Crippen molar-refractivity contribution in [2.45, 2.75) is 45.1 Å². The summed E-state index contributed by atoms with van der Waals surface area (Å²) < 4.78 is 11.9. The lowest BCUT2D eigenvalue weighted by Crippen LogP contribution is -2.35. The molecule has 0 saturated heterocycles. The number of hydrogen-bond acceptors (Lipinski definition) is 5. The average Bonchev–Trinajstić information content (AvgIpc) is 2.72. The minimum absolute atomic E-state index is 0.385. The normalized spacial score (nSPS) is 15.2. The summed E-state index contributed by atoms with van der Waals surface area (Å²) in [7, 11) is 3.11. The average molecular weight is 243 g/mol. The zero-order valence-electron chi connectivity index (χ0n) is 10.9. The highest BCUT2D eigenvalue weighted by atomic mass is 16.7. The Kier molecular flexibility index (Phi) is 5.04. The van der Waals surface area contributed by atoms with Crippen LogP contribution in [0.5, 0.6) is 0 Å². The van der Waals surface area contributed by atoms with E-state index in [-0.39, 0.29) is 0 Å². The number of nitrogens with zero attached hydrogens (tertiary/aromatic N) is 3. The van der Waals surface area contributed by atoms with E-state index < -0.39 is 11.9 Å². The van der Waals surface area contributed by atoms with E-state index in [9.17, 15) is 5.11 Å². The van der Waals surface area contributed by atoms with E-state index in [1.165, 1.54) is 6.33 Å². The van der Waals surface area contributed by atoms with Crippen LogP contribution in [-0.2, 0) is 22.4 Å². The number of ether oxygens (including phenoxy) is 2. The Morgan fingerprint density at radius 3 is 2.65 bits per heavy atom. The predicted octanol–water partition coefficient (Wildman–Crippen LogP) is 0.600. The van der Waals surface area contributed by atoms with Crippen LogP contribution in [0.1, 0.15) is 26.1 Å². The van der Waals surface area contributed by atoms with Gasteiger partial charge in [0.25, 0.3) is 0 Å². The Bertz CT molecular complexity index is 334. The SMILES string of the molecule is CCn1ncnc1CC(C)(O)CC(OC)OC. The maximum atomic E-state index is 10.3. The van der Waals surface area contributed by atoms with Crippen molar-refractivity contribution in [3.05, 3.63) is 12.2 Å². The molecular formula is C11H21N3O3. The molecule has 1 aromatic rings. The number of rotatable bonds is 7. The Labute approximate surface area is 102 Å². The van der Waals surface area contributed by atoms with E-state index in [0.717, 1.165) is 12.4 Å². The molecule has 0 fully saturated rings. The molecule has 17 heavy (non-hydrogen) atoms. The summed E-state index contributed by atoms with van der Waals surface area (Å²) >= 11 is 0. The largest absolute Gasteiger partial charge is 0.390 e. The van der Waals surface area contributed by atoms with Crippen molar-refractivity contribution >= 4 is 0 Å². The van der Waals surface area contributed by atoms with Crippen molar-refractivity contribution in [2.24, 2.45) is 0 Å². The number of hydrogen-bond donors (Lipinski definition) is 1. The third kappa shape index (κ3) is 4.07. The Balaban J connectivity index is 2.65. The molecule has 0 radical (unpaired) electrons. The smallest absolute Gasteiger partial charge is 0.159 e. The van der Waals surface area contributed by atoms with E-state index in [1.807, 2.05) is 6.92 Å². The number of aromatic nitrogens is 3. The van der Waals surface area contributed by atoms with Gasteiger partial charge < -0.3 is 14.6 Å². The summed E-state index contributed by atoms with van der Waals surface area (Å²) in [4.78, 5) is 4.14. The van der Waals surface area contributed by atoms with Gasteiger partial charge in [0.05, 0.1) is 5.60 Å². The maximum Gasteiger partial charge on any atom is 0.159 e. The molecule has 1 unspecified atom stereocenters. The van der Waals surface area contributed by atoms with Crippen molar-refractivity contribution in [3.63, 3.8) is 0 Å². The molecule has 98 valence electrons. The molecule has 0 amide bonds. The molecule has 1 atom stereocenters. The highest BCUT2D eigenvalue weighted by Gasteiger charge is 2.27. The molecule has 0 aliphatic rings. The molecule has 0 aliphatic carbocycles. The summed E-state index contributed by atoms with van der Waals surface area (Å²) in [6.45, 7) is 4.47. The van der Waals surface area contributed by atoms with Crippen LogP contribution < -0.4 is 0 Å². The summed E-state index contributed by atoms with van der Waals surface area (Å²) in [6, 6.07) is 0. The van der Waals surface area contributed by atoms with Gasteiger partial charge >= 0.3 is 0 Å². The van der Waals surface area contributed by atoms with E-state index in [1.54, 1.807) is 25.8 Å². The van der Waals surface area contributed by atoms with Crippen LogP contribution in [0, 0.1) is 0 Å². The monoisotopic (exact) mass is 243 g/mol. The van der Waals surface area contributed by atoms with Crippen molar-refractivity contribution in [1.29, 1.82) is 0 Å². The fourth-order valence-corrected chi connectivity index (χ4v) is 1.72. The van der Waals surface area contributed by atoms with Crippen LogP contribution in [0.3, 0.4) is 0 Å². The highest BCUT2D eigenvalue weighted by Crippen LogP contribution is 2.19. The molecule has 0 aromatic carbocycles. The topological polar surface area (TPSA) is 69.4 Å². The highest BCUT2D eigenvalue weighted by molar-refractivity contribution is 4.93. The Hall–Kier alpha value is -0.980. The number of methoxy groups -OCH3 is 2. The van der Waals surface area contributed by atoms with Crippen LogP contribution >= 0.6 is 0 Å². The van der Waals surface area contributed by atoms with Gasteiger partial charge in [-0.25, -0.2) is 4.98 Å². The van der Waals surface area contributed by atoms with Crippen molar-refractivity contribution in [2.75, 3.05) is 14.2 Å². The van der Waals surface area contributed by atoms with Crippen LogP contribution in [0.4, 0.5) is 0 Å². The van der Waals surface area contributed by atoms with E-state index >= 15 is 0 Å². The summed E-state index contributed by atoms with van der Waals surface area (Å²) in [5, 5.41) is 14.4. The molecule has 1 N–H and O–H groups in total. The van der Waals surface area contributed by atoms with Crippen LogP contribution in [0.15, 0.2) is 6.33 Å². The van der Waals surface area contributed by atoms with Gasteiger partial charge in [0.15, 0.2) is 6.29 Å². The van der Waals surface area contributed by atoms with E-state index in [0.29, 0.717) is 12.8 Å². The lowest BCUT2D eigenvalue weighted by atomic mass is 9.97. The molecule has 6 heteroatoms. The Morgan fingerprint density at radius 2 is 2.12 bits per heavy atom. The number of aryl methyl sites for hydroxylation is 1. The van der Waals surface area contributed by atoms with Crippen molar-refractivity contribution < 1.29 is 14.6 Å². The molecule has 0 saturated carbocycles. The van der Waals surface area contributed by atoms with Gasteiger partial charge in [-0.15, -0.1) is 0 Å². The number of aliphatic hydroxyl groups is 1. The lowest BCUT2D eigenvalue weighted by Gasteiger charge is -2.26. The van der Waals surface area contributed by atoms with Crippen molar-refractivity contribution in [3.8, 4) is 0 Å². The predicted molar refractivity (Wildman–Crippen MR) is 62.4 cm³/mol. The third-order valence-electron chi connectivity index (χ3n) is 2.67. The maximum absolute atomic E-state index is 10.3. The van der Waals surface area contributed by atoms with Gasteiger partial charge in [0, 0.05) is 33.6 Å². The fraction of sp³-hybridized carbons (Fsp3) is 0.818. The van der Waals surface area contributed by atoms with Gasteiger partial charge in [0.2, 0.25) is 0 Å². The second kappa shape index (κ2) is 6.09. The van der Waals surface area contributed by atoms with Crippen molar-refractivity contribution in [1.82, 2.24) is 14.8 Å². The van der Waals surface area contributed by atoms with Crippen LogP contribution in [0.25, 0.3) is 0 Å². The third-order valence-corrected chi connectivity index (χ3v) is 2.67. The Morgan fingerprint density at radius 1 is 1.47 bits per heavy atom. The van der Waals surface area contributed by atoms with Gasteiger partial charge in [-0.05, 0) is 13.8 Å². The van der Waals surface area contributed by atoms with Gasteiger partial charge in [-0.2, -0.15) is 5.10 Å². The minimum Gasteiger partial charge on any atom is -0.390 e. The molecule has 0 bridgehead atoms. The first-order valence-corrected chi connectivity index (χ1v) is 5.67. The lowest BCUT2D eigenvalue weighted by molar-refractivity contribution is -0.140. The summed E-state index contributed by atoms with van der Waals surface area (Å²) in [6.07, 6.45) is 1.89. The first kappa shape index (κ1) is 14.1. The fourth-order valence-electron chi connectivity index (χ4n) is 1.72.